The van der Waals surface area contributed by atoms with Gasteiger partial charge >= 0.3 is 6.03 Å². The van der Waals surface area contributed by atoms with Crippen LogP contribution in [-0.2, 0) is 9.53 Å². The molecule has 0 aromatic heterocycles. The summed E-state index contributed by atoms with van der Waals surface area (Å²) in [5.74, 6) is -0.0738. The molecule has 1 unspecified atom stereocenters. The minimum Gasteiger partial charge on any atom is -0.383 e. The first-order valence-corrected chi connectivity index (χ1v) is 10.7. The first-order valence-electron chi connectivity index (χ1n) is 10.7. The number of benzene rings is 1. The van der Waals surface area contributed by atoms with Gasteiger partial charge in [0, 0.05) is 64.5 Å². The number of hydrogen-bond donors (Lipinski definition) is 1. The summed E-state index contributed by atoms with van der Waals surface area (Å²) >= 11 is 0. The maximum atomic E-state index is 13.3. The summed E-state index contributed by atoms with van der Waals surface area (Å²) < 4.78 is 18.4. The van der Waals surface area contributed by atoms with Crippen molar-refractivity contribution in [2.45, 2.75) is 19.3 Å². The molecule has 3 heterocycles. The fourth-order valence-corrected chi connectivity index (χ4v) is 5.64. The maximum absolute atomic E-state index is 13.3. The van der Waals surface area contributed by atoms with Crippen LogP contribution in [0.3, 0.4) is 0 Å². The van der Waals surface area contributed by atoms with Gasteiger partial charge in [0.25, 0.3) is 0 Å². The van der Waals surface area contributed by atoms with Crippen molar-refractivity contribution in [1.29, 1.82) is 0 Å². The van der Waals surface area contributed by atoms with Gasteiger partial charge in [-0.15, -0.1) is 0 Å². The van der Waals surface area contributed by atoms with Gasteiger partial charge in [-0.05, 0) is 43.5 Å². The summed E-state index contributed by atoms with van der Waals surface area (Å²) in [5.41, 5.74) is 0.127. The lowest BCUT2D eigenvalue weighted by atomic mass is 9.60. The number of hydrogen-bond acceptors (Lipinski definition) is 4. The Balaban J connectivity index is 1.46. The van der Waals surface area contributed by atoms with E-state index < -0.39 is 0 Å². The average molecular weight is 419 g/mol. The van der Waals surface area contributed by atoms with E-state index in [4.69, 9.17) is 4.74 Å². The summed E-state index contributed by atoms with van der Waals surface area (Å²) in [5, 5.41) is 2.85. The Hall–Kier alpha value is -2.19. The number of nitrogens with zero attached hydrogens (tertiary/aromatic N) is 3. The quantitative estimate of drug-likeness (QED) is 0.815. The van der Waals surface area contributed by atoms with Gasteiger partial charge in [-0.1, -0.05) is 0 Å². The third-order valence-electron chi connectivity index (χ3n) is 7.38. The second-order valence-electron chi connectivity index (χ2n) is 8.97. The Kier molecular flexibility index (Phi) is 5.72. The van der Waals surface area contributed by atoms with Crippen molar-refractivity contribution in [3.05, 3.63) is 30.1 Å². The van der Waals surface area contributed by atoms with Crippen LogP contribution in [-0.4, -0.2) is 86.7 Å². The number of halogens is 1. The van der Waals surface area contributed by atoms with Crippen molar-refractivity contribution < 1.29 is 18.7 Å². The number of methoxy groups -OCH3 is 1. The van der Waals surface area contributed by atoms with Crippen molar-refractivity contribution >= 4 is 17.6 Å². The highest BCUT2D eigenvalue weighted by Crippen LogP contribution is 2.57. The monoisotopic (exact) mass is 418 g/mol. The predicted octanol–water partition coefficient (Wildman–Crippen LogP) is 2.25. The Labute approximate surface area is 177 Å². The van der Waals surface area contributed by atoms with Gasteiger partial charge in [-0.25, -0.2) is 9.18 Å². The number of rotatable bonds is 4. The summed E-state index contributed by atoms with van der Waals surface area (Å²) in [4.78, 5) is 32.0. The zero-order valence-corrected chi connectivity index (χ0v) is 17.8. The Morgan fingerprint density at radius 2 is 1.83 bits per heavy atom. The molecule has 30 heavy (non-hydrogen) atoms. The molecule has 3 amide bonds. The van der Waals surface area contributed by atoms with Gasteiger partial charge in [0.2, 0.25) is 5.91 Å². The summed E-state index contributed by atoms with van der Waals surface area (Å²) in [6, 6.07) is 5.62. The van der Waals surface area contributed by atoms with E-state index in [9.17, 15) is 14.0 Å². The molecule has 0 aliphatic carbocycles. The Bertz CT molecular complexity index is 794. The number of fused-ring (bicyclic) bond motifs is 1. The standard InChI is InChI=1S/C22H31FN4O3/c1-25-10-9-22(19(25)28)16-26(13-14-30-2)15-21(22)7-11-27(12-8-21)20(29)24-18-5-3-17(23)4-6-18/h3-6H,7-16H2,1-2H3,(H,24,29). The topological polar surface area (TPSA) is 65.1 Å². The number of anilines is 1. The number of urea groups is 1. The molecule has 1 N–H and O–H groups in total. The van der Waals surface area contributed by atoms with E-state index in [0.717, 1.165) is 45.4 Å². The molecule has 4 rings (SSSR count). The van der Waals surface area contributed by atoms with Crippen molar-refractivity contribution in [1.82, 2.24) is 14.7 Å². The predicted molar refractivity (Wildman–Crippen MR) is 112 cm³/mol. The van der Waals surface area contributed by atoms with E-state index >= 15 is 0 Å². The fourth-order valence-electron chi connectivity index (χ4n) is 5.64. The van der Waals surface area contributed by atoms with Crippen LogP contribution in [0.5, 0.6) is 0 Å². The Morgan fingerprint density at radius 1 is 1.13 bits per heavy atom. The van der Waals surface area contributed by atoms with Crippen LogP contribution >= 0.6 is 0 Å². The van der Waals surface area contributed by atoms with E-state index in [1.54, 1.807) is 19.2 Å². The van der Waals surface area contributed by atoms with Gasteiger partial charge < -0.3 is 19.9 Å². The fraction of sp³-hybridized carbons (Fsp3) is 0.636. The first-order chi connectivity index (χ1) is 14.4. The molecule has 1 atom stereocenters. The van der Waals surface area contributed by atoms with Crippen LogP contribution in [0.1, 0.15) is 19.3 Å². The van der Waals surface area contributed by atoms with Gasteiger partial charge in [-0.2, -0.15) is 0 Å². The zero-order chi connectivity index (χ0) is 21.4. The minimum atomic E-state index is -0.352. The number of ether oxygens (including phenoxy) is 1. The van der Waals surface area contributed by atoms with E-state index in [2.05, 4.69) is 10.2 Å². The third-order valence-corrected chi connectivity index (χ3v) is 7.38. The molecule has 0 saturated carbocycles. The van der Waals surface area contributed by atoms with Crippen LogP contribution in [0.2, 0.25) is 0 Å². The number of carbonyl (C=O) groups is 2. The largest absolute Gasteiger partial charge is 0.383 e. The van der Waals surface area contributed by atoms with Gasteiger partial charge in [0.05, 0.1) is 12.0 Å². The highest BCUT2D eigenvalue weighted by molar-refractivity contribution is 5.89. The van der Waals surface area contributed by atoms with Crippen molar-refractivity contribution in [3.8, 4) is 0 Å². The average Bonchev–Trinajstić information content (AvgIpc) is 3.21. The highest BCUT2D eigenvalue weighted by Gasteiger charge is 2.64. The van der Waals surface area contributed by atoms with Crippen LogP contribution < -0.4 is 5.32 Å². The summed E-state index contributed by atoms with van der Waals surface area (Å²) in [6.45, 7) is 5.17. The van der Waals surface area contributed by atoms with Crippen LogP contribution in [0.4, 0.5) is 14.9 Å². The molecule has 8 heteroatoms. The normalized spacial score (nSPS) is 26.2. The second kappa shape index (κ2) is 8.15. The molecule has 2 spiro atoms. The number of likely N-dealkylation sites (tertiary alicyclic amines) is 3. The van der Waals surface area contributed by atoms with Crippen molar-refractivity contribution in [2.24, 2.45) is 10.8 Å². The van der Waals surface area contributed by atoms with E-state index in [1.165, 1.54) is 12.1 Å². The van der Waals surface area contributed by atoms with Gasteiger partial charge in [0.15, 0.2) is 0 Å². The van der Waals surface area contributed by atoms with Gasteiger partial charge in [-0.3, -0.25) is 9.69 Å². The van der Waals surface area contributed by atoms with Crippen LogP contribution in [0.15, 0.2) is 24.3 Å². The molecule has 0 radical (unpaired) electrons. The van der Waals surface area contributed by atoms with Crippen LogP contribution in [0.25, 0.3) is 0 Å². The van der Waals surface area contributed by atoms with Crippen LogP contribution in [0, 0.1) is 16.6 Å². The first kappa shape index (κ1) is 21.1. The minimum absolute atomic E-state index is 0.102. The Morgan fingerprint density at radius 3 is 2.43 bits per heavy atom. The molecular formula is C22H31FN4O3. The van der Waals surface area contributed by atoms with E-state index in [1.807, 2.05) is 16.8 Å². The zero-order valence-electron chi connectivity index (χ0n) is 17.8. The molecule has 3 saturated heterocycles. The highest BCUT2D eigenvalue weighted by atomic mass is 19.1. The number of amides is 3. The number of piperidine rings is 1. The lowest BCUT2D eigenvalue weighted by Crippen LogP contribution is -2.54. The molecule has 3 aliphatic heterocycles. The lowest BCUT2D eigenvalue weighted by molar-refractivity contribution is -0.141. The maximum Gasteiger partial charge on any atom is 0.321 e. The molecule has 7 nitrogen and oxygen atoms in total. The van der Waals surface area contributed by atoms with Crippen molar-refractivity contribution in [3.63, 3.8) is 0 Å². The number of nitrogens with one attached hydrogen (secondary N) is 1. The molecule has 3 fully saturated rings. The third kappa shape index (κ3) is 3.56. The molecule has 1 aromatic carbocycles. The molecule has 164 valence electrons. The summed E-state index contributed by atoms with van der Waals surface area (Å²) in [7, 11) is 3.60. The number of carbonyl (C=O) groups excluding carboxylic acids is 2. The summed E-state index contributed by atoms with van der Waals surface area (Å²) in [6.07, 6.45) is 2.51. The van der Waals surface area contributed by atoms with E-state index in [0.29, 0.717) is 25.4 Å². The molecular weight excluding hydrogens is 387 g/mol. The molecule has 3 aliphatic rings. The van der Waals surface area contributed by atoms with E-state index in [-0.39, 0.29) is 28.6 Å². The van der Waals surface area contributed by atoms with Gasteiger partial charge in [0.1, 0.15) is 5.82 Å². The van der Waals surface area contributed by atoms with Crippen molar-refractivity contribution in [2.75, 3.05) is 65.3 Å². The lowest BCUT2D eigenvalue weighted by Gasteiger charge is -2.46. The SMILES string of the molecule is COCCN1CC2(CCN(C(=O)Nc3ccc(F)cc3)CC2)C2(CCN(C)C2=O)C1. The smallest absolute Gasteiger partial charge is 0.321 e. The molecule has 0 bridgehead atoms. The second-order valence-corrected chi connectivity index (χ2v) is 8.97. The molecule has 1 aromatic rings.